The molecule has 0 radical (unpaired) electrons. The second kappa shape index (κ2) is 8.71. The number of non-ortho nitro benzene ring substituents is 1. The number of ether oxygens (including phenoxy) is 4. The molecule has 2 aromatic rings. The number of rotatable bonds is 6. The molecule has 2 aromatic carbocycles. The van der Waals surface area contributed by atoms with Gasteiger partial charge in [0.15, 0.2) is 12.9 Å². The summed E-state index contributed by atoms with van der Waals surface area (Å²) in [5.74, 6) is 0.425. The lowest BCUT2D eigenvalue weighted by atomic mass is 9.87. The minimum Gasteiger partial charge on any atom is -0.479 e. The highest BCUT2D eigenvalue weighted by atomic mass is 16.7. The fraction of sp³-hybridized carbons (Fsp3) is 0.409. The van der Waals surface area contributed by atoms with Crippen LogP contribution in [0.25, 0.3) is 0 Å². The molecule has 3 rings (SSSR count). The first-order valence-corrected chi connectivity index (χ1v) is 9.59. The molecule has 8 heteroatoms. The highest BCUT2D eigenvalue weighted by Gasteiger charge is 2.23. The molecule has 0 spiro atoms. The molecule has 1 heterocycles. The molecule has 8 nitrogen and oxygen atoms in total. The number of nitro groups is 1. The van der Waals surface area contributed by atoms with Crippen molar-refractivity contribution in [1.82, 2.24) is 0 Å². The van der Waals surface area contributed by atoms with Crippen LogP contribution in [0.2, 0.25) is 0 Å². The SMILES string of the molecule is C[C@@H](Oc1ccc(C(C)(C)C)cc1)C(=O)OCc1cc([N+](=O)[O-])cc2c1OCOC2. The fourth-order valence-electron chi connectivity index (χ4n) is 3.05. The van der Waals surface area contributed by atoms with Crippen LogP contribution in [0.4, 0.5) is 5.69 Å². The van der Waals surface area contributed by atoms with Gasteiger partial charge in [0.1, 0.15) is 18.1 Å². The molecule has 0 amide bonds. The first-order chi connectivity index (χ1) is 14.1. The van der Waals surface area contributed by atoms with E-state index in [0.717, 1.165) is 5.56 Å². The van der Waals surface area contributed by atoms with Gasteiger partial charge in [-0.2, -0.15) is 0 Å². The number of nitro benzene ring substituents is 1. The van der Waals surface area contributed by atoms with E-state index in [-0.39, 0.29) is 31.1 Å². The van der Waals surface area contributed by atoms with E-state index in [1.807, 2.05) is 24.3 Å². The van der Waals surface area contributed by atoms with Crippen LogP contribution < -0.4 is 9.47 Å². The maximum Gasteiger partial charge on any atom is 0.347 e. The predicted molar refractivity (Wildman–Crippen MR) is 108 cm³/mol. The average molecular weight is 415 g/mol. The first-order valence-electron chi connectivity index (χ1n) is 9.59. The van der Waals surface area contributed by atoms with E-state index in [0.29, 0.717) is 22.6 Å². The Morgan fingerprint density at radius 1 is 1.23 bits per heavy atom. The molecule has 0 saturated heterocycles. The third-order valence-corrected chi connectivity index (χ3v) is 4.72. The molecule has 0 aliphatic carbocycles. The van der Waals surface area contributed by atoms with Gasteiger partial charge < -0.3 is 18.9 Å². The summed E-state index contributed by atoms with van der Waals surface area (Å²) in [6.45, 7) is 8.01. The topological polar surface area (TPSA) is 97.1 Å². The zero-order chi connectivity index (χ0) is 21.9. The van der Waals surface area contributed by atoms with Gasteiger partial charge in [0, 0.05) is 23.3 Å². The number of nitrogens with zero attached hydrogens (tertiary/aromatic N) is 1. The quantitative estimate of drug-likeness (QED) is 0.395. The Morgan fingerprint density at radius 3 is 2.57 bits per heavy atom. The molecule has 0 N–H and O–H groups in total. The van der Waals surface area contributed by atoms with Crippen molar-refractivity contribution in [3.8, 4) is 11.5 Å². The van der Waals surface area contributed by atoms with Gasteiger partial charge in [0.25, 0.3) is 5.69 Å². The molecule has 1 atom stereocenters. The summed E-state index contributed by atoms with van der Waals surface area (Å²) >= 11 is 0. The van der Waals surface area contributed by atoms with Crippen molar-refractivity contribution in [2.24, 2.45) is 0 Å². The van der Waals surface area contributed by atoms with E-state index >= 15 is 0 Å². The highest BCUT2D eigenvalue weighted by molar-refractivity contribution is 5.74. The Labute approximate surface area is 174 Å². The minimum atomic E-state index is -0.843. The lowest BCUT2D eigenvalue weighted by Crippen LogP contribution is -2.26. The highest BCUT2D eigenvalue weighted by Crippen LogP contribution is 2.33. The van der Waals surface area contributed by atoms with Crippen molar-refractivity contribution in [3.05, 3.63) is 63.2 Å². The molecular weight excluding hydrogens is 390 g/mol. The van der Waals surface area contributed by atoms with Crippen molar-refractivity contribution in [2.75, 3.05) is 6.79 Å². The third kappa shape index (κ3) is 5.07. The number of carbonyl (C=O) groups is 1. The number of esters is 1. The summed E-state index contributed by atoms with van der Waals surface area (Å²) in [6.07, 6.45) is -0.843. The molecule has 1 aliphatic rings. The Morgan fingerprint density at radius 2 is 1.93 bits per heavy atom. The van der Waals surface area contributed by atoms with Gasteiger partial charge in [-0.25, -0.2) is 4.79 Å². The van der Waals surface area contributed by atoms with E-state index in [9.17, 15) is 14.9 Å². The van der Waals surface area contributed by atoms with Crippen LogP contribution in [0.3, 0.4) is 0 Å². The van der Waals surface area contributed by atoms with Gasteiger partial charge in [-0.1, -0.05) is 32.9 Å². The van der Waals surface area contributed by atoms with Crippen molar-refractivity contribution >= 4 is 11.7 Å². The van der Waals surface area contributed by atoms with Gasteiger partial charge in [0.2, 0.25) is 0 Å². The average Bonchev–Trinajstić information content (AvgIpc) is 2.71. The van der Waals surface area contributed by atoms with Crippen LogP contribution in [0.5, 0.6) is 11.5 Å². The van der Waals surface area contributed by atoms with Crippen LogP contribution in [0.15, 0.2) is 36.4 Å². The van der Waals surface area contributed by atoms with E-state index < -0.39 is 17.0 Å². The Hall–Kier alpha value is -3.13. The third-order valence-electron chi connectivity index (χ3n) is 4.72. The molecule has 0 fully saturated rings. The maximum atomic E-state index is 12.4. The van der Waals surface area contributed by atoms with E-state index in [2.05, 4.69) is 20.8 Å². The smallest absolute Gasteiger partial charge is 0.347 e. The Kier molecular flexibility index (Phi) is 6.26. The van der Waals surface area contributed by atoms with Gasteiger partial charge in [-0.3, -0.25) is 10.1 Å². The van der Waals surface area contributed by atoms with E-state index in [4.69, 9.17) is 18.9 Å². The number of carbonyl (C=O) groups excluding carboxylic acids is 1. The summed E-state index contributed by atoms with van der Waals surface area (Å²) in [5, 5.41) is 11.2. The number of benzene rings is 2. The number of hydrogen-bond donors (Lipinski definition) is 0. The van der Waals surface area contributed by atoms with Crippen molar-refractivity contribution in [2.45, 2.75) is 52.4 Å². The summed E-state index contributed by atoms with van der Waals surface area (Å²) < 4.78 is 21.6. The molecule has 0 bridgehead atoms. The van der Waals surface area contributed by atoms with Crippen molar-refractivity contribution in [1.29, 1.82) is 0 Å². The lowest BCUT2D eigenvalue weighted by Gasteiger charge is -2.21. The van der Waals surface area contributed by atoms with Crippen LogP contribution in [0, 0.1) is 10.1 Å². The number of hydrogen-bond acceptors (Lipinski definition) is 7. The van der Waals surface area contributed by atoms with Crippen LogP contribution in [-0.4, -0.2) is 23.8 Å². The standard InChI is InChI=1S/C22H25NO7/c1-14(30-19-7-5-17(6-8-19)22(2,3)4)21(24)28-12-16-10-18(23(25)26)9-15-11-27-13-29-20(15)16/h5-10,14H,11-13H2,1-4H3/t14-/m1/s1. The Bertz CT molecular complexity index is 932. The zero-order valence-electron chi connectivity index (χ0n) is 17.5. The molecular formula is C22H25NO7. The maximum absolute atomic E-state index is 12.4. The van der Waals surface area contributed by atoms with Crippen molar-refractivity contribution in [3.63, 3.8) is 0 Å². The molecule has 0 unspecified atom stereocenters. The minimum absolute atomic E-state index is 0.0214. The number of fused-ring (bicyclic) bond motifs is 1. The van der Waals surface area contributed by atoms with E-state index in [1.165, 1.54) is 12.1 Å². The Balaban J connectivity index is 1.65. The zero-order valence-corrected chi connectivity index (χ0v) is 17.5. The van der Waals surface area contributed by atoms with Crippen LogP contribution in [0.1, 0.15) is 44.4 Å². The molecule has 0 aromatic heterocycles. The summed E-state index contributed by atoms with van der Waals surface area (Å²) in [6, 6.07) is 10.3. The largest absolute Gasteiger partial charge is 0.479 e. The van der Waals surface area contributed by atoms with Crippen molar-refractivity contribution < 1.29 is 28.7 Å². The van der Waals surface area contributed by atoms with Crippen LogP contribution in [-0.2, 0) is 32.9 Å². The molecule has 0 saturated carbocycles. The van der Waals surface area contributed by atoms with Gasteiger partial charge >= 0.3 is 5.97 Å². The summed E-state index contributed by atoms with van der Waals surface area (Å²) in [5.41, 5.74) is 2.03. The van der Waals surface area contributed by atoms with Crippen LogP contribution >= 0.6 is 0 Å². The fourth-order valence-corrected chi connectivity index (χ4v) is 3.05. The van der Waals surface area contributed by atoms with E-state index in [1.54, 1.807) is 6.92 Å². The summed E-state index contributed by atoms with van der Waals surface area (Å²) in [4.78, 5) is 23.1. The second-order valence-corrected chi connectivity index (χ2v) is 8.10. The first kappa shape index (κ1) is 21.6. The molecule has 1 aliphatic heterocycles. The van der Waals surface area contributed by atoms with Gasteiger partial charge in [-0.15, -0.1) is 0 Å². The second-order valence-electron chi connectivity index (χ2n) is 8.10. The van der Waals surface area contributed by atoms with Gasteiger partial charge in [0.05, 0.1) is 11.5 Å². The monoisotopic (exact) mass is 415 g/mol. The van der Waals surface area contributed by atoms with Gasteiger partial charge in [-0.05, 0) is 30.0 Å². The lowest BCUT2D eigenvalue weighted by molar-refractivity contribution is -0.385. The molecule has 160 valence electrons. The summed E-state index contributed by atoms with van der Waals surface area (Å²) in [7, 11) is 0. The normalized spacial score (nSPS) is 14.3. The predicted octanol–water partition coefficient (Wildman–Crippen LogP) is 4.27. The molecule has 30 heavy (non-hydrogen) atoms.